The van der Waals surface area contributed by atoms with Crippen molar-refractivity contribution in [2.75, 3.05) is 24.5 Å². The summed E-state index contributed by atoms with van der Waals surface area (Å²) >= 11 is 6.22. The summed E-state index contributed by atoms with van der Waals surface area (Å²) in [6, 6.07) is 6.34. The Balaban J connectivity index is 2.11. The van der Waals surface area contributed by atoms with Crippen molar-refractivity contribution in [3.05, 3.63) is 28.8 Å². The molecule has 0 saturated carbocycles. The van der Waals surface area contributed by atoms with Gasteiger partial charge in [-0.15, -0.1) is 0 Å². The van der Waals surface area contributed by atoms with Crippen molar-refractivity contribution < 1.29 is 0 Å². The zero-order chi connectivity index (χ0) is 14.2. The molecule has 20 heavy (non-hydrogen) atoms. The lowest BCUT2D eigenvalue weighted by molar-refractivity contribution is 0.554. The maximum absolute atomic E-state index is 6.22. The van der Waals surface area contributed by atoms with E-state index in [9.17, 15) is 0 Å². The molecule has 1 heterocycles. The molecule has 0 amide bonds. The van der Waals surface area contributed by atoms with Crippen molar-refractivity contribution >= 4 is 17.3 Å². The van der Waals surface area contributed by atoms with Gasteiger partial charge in [0, 0.05) is 30.3 Å². The third kappa shape index (κ3) is 4.68. The van der Waals surface area contributed by atoms with Gasteiger partial charge in [0.15, 0.2) is 0 Å². The summed E-state index contributed by atoms with van der Waals surface area (Å²) < 4.78 is 0. The van der Waals surface area contributed by atoms with Gasteiger partial charge in [-0.05, 0) is 43.5 Å². The van der Waals surface area contributed by atoms with Crippen LogP contribution in [0.3, 0.4) is 0 Å². The van der Waals surface area contributed by atoms with E-state index in [4.69, 9.17) is 11.6 Å². The normalized spacial score (nSPS) is 16.8. The molecular formula is C17H27ClN2. The molecule has 1 fully saturated rings. The predicted molar refractivity (Wildman–Crippen MR) is 88.7 cm³/mol. The highest BCUT2D eigenvalue weighted by Crippen LogP contribution is 2.27. The third-order valence-corrected chi connectivity index (χ3v) is 4.22. The van der Waals surface area contributed by atoms with Crippen LogP contribution in [0.25, 0.3) is 0 Å². The molecule has 0 spiro atoms. The first-order valence-electron chi connectivity index (χ1n) is 8.05. The van der Waals surface area contributed by atoms with Crippen LogP contribution in [0.15, 0.2) is 18.2 Å². The molecule has 1 aliphatic heterocycles. The molecule has 1 N–H and O–H groups in total. The van der Waals surface area contributed by atoms with E-state index in [0.717, 1.165) is 18.1 Å². The van der Waals surface area contributed by atoms with Crippen LogP contribution < -0.4 is 10.2 Å². The molecule has 3 heteroatoms. The Morgan fingerprint density at radius 1 is 1.10 bits per heavy atom. The Morgan fingerprint density at radius 2 is 1.80 bits per heavy atom. The molecule has 1 aromatic carbocycles. The Hall–Kier alpha value is -0.730. The van der Waals surface area contributed by atoms with Gasteiger partial charge in [-0.25, -0.2) is 0 Å². The number of anilines is 1. The van der Waals surface area contributed by atoms with Crippen molar-refractivity contribution in [3.8, 4) is 0 Å². The Labute approximate surface area is 128 Å². The number of halogens is 1. The first-order chi connectivity index (χ1) is 9.81. The molecule has 112 valence electrons. The molecule has 2 nitrogen and oxygen atoms in total. The summed E-state index contributed by atoms with van der Waals surface area (Å²) in [6.45, 7) is 6.55. The minimum Gasteiger partial charge on any atom is -0.371 e. The lowest BCUT2D eigenvalue weighted by atomic mass is 10.1. The van der Waals surface area contributed by atoms with Crippen molar-refractivity contribution in [2.45, 2.75) is 52.0 Å². The minimum absolute atomic E-state index is 0.848. The quantitative estimate of drug-likeness (QED) is 0.798. The summed E-state index contributed by atoms with van der Waals surface area (Å²) in [4.78, 5) is 2.54. The van der Waals surface area contributed by atoms with Crippen LogP contribution in [0.2, 0.25) is 5.02 Å². The first-order valence-corrected chi connectivity index (χ1v) is 8.43. The maximum atomic E-state index is 6.22. The van der Waals surface area contributed by atoms with Gasteiger partial charge in [0.1, 0.15) is 0 Å². The number of hydrogen-bond donors (Lipinski definition) is 1. The molecule has 1 saturated heterocycles. The largest absolute Gasteiger partial charge is 0.371 e. The van der Waals surface area contributed by atoms with Crippen LogP contribution in [0.1, 0.15) is 51.0 Å². The summed E-state index contributed by atoms with van der Waals surface area (Å²) in [5.74, 6) is 0. The van der Waals surface area contributed by atoms with Crippen LogP contribution in [0.5, 0.6) is 0 Å². The van der Waals surface area contributed by atoms with Crippen LogP contribution in [0, 0.1) is 0 Å². The molecular weight excluding hydrogens is 268 g/mol. The number of hydrogen-bond acceptors (Lipinski definition) is 2. The van der Waals surface area contributed by atoms with E-state index in [1.54, 1.807) is 0 Å². The van der Waals surface area contributed by atoms with Crippen LogP contribution >= 0.6 is 11.6 Å². The molecule has 0 aromatic heterocycles. The van der Waals surface area contributed by atoms with E-state index >= 15 is 0 Å². The van der Waals surface area contributed by atoms with Gasteiger partial charge in [0.25, 0.3) is 0 Å². The predicted octanol–water partition coefficient (Wildman–Crippen LogP) is 4.61. The van der Waals surface area contributed by atoms with Gasteiger partial charge in [-0.3, -0.25) is 0 Å². The second kappa shape index (κ2) is 8.53. The second-order valence-corrected chi connectivity index (χ2v) is 6.14. The van der Waals surface area contributed by atoms with E-state index in [-0.39, 0.29) is 0 Å². The van der Waals surface area contributed by atoms with Crippen LogP contribution in [-0.4, -0.2) is 19.6 Å². The van der Waals surface area contributed by atoms with E-state index in [1.165, 1.54) is 62.9 Å². The third-order valence-electron chi connectivity index (χ3n) is 3.99. The fraction of sp³-hybridized carbons (Fsp3) is 0.647. The van der Waals surface area contributed by atoms with Gasteiger partial charge in [0.05, 0.1) is 0 Å². The van der Waals surface area contributed by atoms with Crippen molar-refractivity contribution in [2.24, 2.45) is 0 Å². The number of benzene rings is 1. The molecule has 0 unspecified atom stereocenters. The average molecular weight is 295 g/mol. The van der Waals surface area contributed by atoms with Gasteiger partial charge < -0.3 is 10.2 Å². The fourth-order valence-electron chi connectivity index (χ4n) is 2.87. The topological polar surface area (TPSA) is 15.3 Å². The van der Waals surface area contributed by atoms with E-state index in [1.807, 2.05) is 6.07 Å². The number of rotatable bonds is 5. The molecule has 0 atom stereocenters. The number of nitrogens with zero attached hydrogens (tertiary/aromatic N) is 1. The molecule has 1 aliphatic rings. The molecule has 1 aromatic rings. The molecule has 0 radical (unpaired) electrons. The zero-order valence-electron chi connectivity index (χ0n) is 12.6. The van der Waals surface area contributed by atoms with Crippen molar-refractivity contribution in [1.82, 2.24) is 5.32 Å². The lowest BCUT2D eigenvalue weighted by Crippen LogP contribution is -2.28. The Kier molecular flexibility index (Phi) is 6.68. The highest BCUT2D eigenvalue weighted by atomic mass is 35.5. The molecule has 2 rings (SSSR count). The number of nitrogens with one attached hydrogen (secondary N) is 1. The average Bonchev–Trinajstić information content (AvgIpc) is 2.40. The smallest absolute Gasteiger partial charge is 0.0426 e. The minimum atomic E-state index is 0.848. The van der Waals surface area contributed by atoms with Gasteiger partial charge >= 0.3 is 0 Å². The van der Waals surface area contributed by atoms with Gasteiger partial charge in [0.2, 0.25) is 0 Å². The lowest BCUT2D eigenvalue weighted by Gasteiger charge is -2.29. The summed E-state index contributed by atoms with van der Waals surface area (Å²) in [7, 11) is 0. The van der Waals surface area contributed by atoms with Crippen molar-refractivity contribution in [1.29, 1.82) is 0 Å². The Bertz CT molecular complexity index is 398. The standard InChI is InChI=1S/C17H27ClN2/c1-2-10-19-14-15-8-9-16(18)13-17(15)20-11-6-4-3-5-7-12-20/h8-9,13,19H,2-7,10-12,14H2,1H3. The Morgan fingerprint density at radius 3 is 2.50 bits per heavy atom. The van der Waals surface area contributed by atoms with Gasteiger partial charge in [-0.2, -0.15) is 0 Å². The molecule has 0 bridgehead atoms. The van der Waals surface area contributed by atoms with E-state index in [2.05, 4.69) is 29.3 Å². The maximum Gasteiger partial charge on any atom is 0.0426 e. The summed E-state index contributed by atoms with van der Waals surface area (Å²) in [5.41, 5.74) is 2.71. The van der Waals surface area contributed by atoms with Crippen LogP contribution in [0.4, 0.5) is 5.69 Å². The van der Waals surface area contributed by atoms with Crippen molar-refractivity contribution in [3.63, 3.8) is 0 Å². The van der Waals surface area contributed by atoms with E-state index in [0.29, 0.717) is 0 Å². The fourth-order valence-corrected chi connectivity index (χ4v) is 3.04. The zero-order valence-corrected chi connectivity index (χ0v) is 13.4. The first kappa shape index (κ1) is 15.7. The summed E-state index contributed by atoms with van der Waals surface area (Å²) in [5, 5.41) is 4.36. The SMILES string of the molecule is CCCNCc1ccc(Cl)cc1N1CCCCCCC1. The van der Waals surface area contributed by atoms with E-state index < -0.39 is 0 Å². The summed E-state index contributed by atoms with van der Waals surface area (Å²) in [6.07, 6.45) is 7.89. The highest BCUT2D eigenvalue weighted by molar-refractivity contribution is 6.30. The second-order valence-electron chi connectivity index (χ2n) is 5.70. The monoisotopic (exact) mass is 294 g/mol. The van der Waals surface area contributed by atoms with Gasteiger partial charge in [-0.1, -0.05) is 43.9 Å². The van der Waals surface area contributed by atoms with Crippen LogP contribution in [-0.2, 0) is 6.54 Å². The molecule has 0 aliphatic carbocycles. The highest BCUT2D eigenvalue weighted by Gasteiger charge is 2.13.